The maximum atomic E-state index is 10.2. The maximum Gasteiger partial charge on any atom is 0.122 e. The molecule has 0 heterocycles. The van der Waals surface area contributed by atoms with Crippen molar-refractivity contribution in [2.75, 3.05) is 0 Å². The van der Waals surface area contributed by atoms with Crippen LogP contribution in [0.15, 0.2) is 12.1 Å². The quantitative estimate of drug-likeness (QED) is 0.780. The van der Waals surface area contributed by atoms with Crippen LogP contribution in [0.1, 0.15) is 63.5 Å². The van der Waals surface area contributed by atoms with Gasteiger partial charge in [0, 0.05) is 0 Å². The molecule has 0 bridgehead atoms. The highest BCUT2D eigenvalue weighted by atomic mass is 16.3. The van der Waals surface area contributed by atoms with E-state index in [1.807, 2.05) is 12.1 Å². The van der Waals surface area contributed by atoms with Crippen molar-refractivity contribution in [3.63, 3.8) is 0 Å². The lowest BCUT2D eigenvalue weighted by Gasteiger charge is -2.17. The number of rotatable bonds is 4. The van der Waals surface area contributed by atoms with Gasteiger partial charge in [-0.25, -0.2) is 0 Å². The number of phenols is 1. The Morgan fingerprint density at radius 2 is 1.47 bits per heavy atom. The van der Waals surface area contributed by atoms with E-state index in [2.05, 4.69) is 33.8 Å². The SMILES string of the molecule is CCC(C)c1c[c]cc(C(C)CC)c1O. The first-order chi connectivity index (χ1) is 7.11. The van der Waals surface area contributed by atoms with Crippen LogP contribution in [0.4, 0.5) is 0 Å². The fourth-order valence-corrected chi connectivity index (χ4v) is 1.72. The van der Waals surface area contributed by atoms with E-state index in [4.69, 9.17) is 0 Å². The van der Waals surface area contributed by atoms with Gasteiger partial charge >= 0.3 is 0 Å². The molecule has 0 fully saturated rings. The minimum Gasteiger partial charge on any atom is -0.507 e. The van der Waals surface area contributed by atoms with E-state index in [0.717, 1.165) is 24.0 Å². The summed E-state index contributed by atoms with van der Waals surface area (Å²) in [6.45, 7) is 8.56. The zero-order valence-corrected chi connectivity index (χ0v) is 10.2. The third kappa shape index (κ3) is 2.53. The predicted octanol–water partition coefficient (Wildman–Crippen LogP) is 4.22. The highest BCUT2D eigenvalue weighted by Gasteiger charge is 2.14. The minimum absolute atomic E-state index is 0.408. The van der Waals surface area contributed by atoms with Gasteiger partial charge in [0.25, 0.3) is 0 Å². The van der Waals surface area contributed by atoms with E-state index in [-0.39, 0.29) is 0 Å². The van der Waals surface area contributed by atoms with Crippen molar-refractivity contribution >= 4 is 0 Å². The zero-order chi connectivity index (χ0) is 11.4. The summed E-state index contributed by atoms with van der Waals surface area (Å²) in [6, 6.07) is 6.97. The molecule has 1 N–H and O–H groups in total. The van der Waals surface area contributed by atoms with Gasteiger partial charge < -0.3 is 5.11 Å². The lowest BCUT2D eigenvalue weighted by Crippen LogP contribution is -1.98. The van der Waals surface area contributed by atoms with Crippen molar-refractivity contribution in [1.29, 1.82) is 0 Å². The molecule has 0 spiro atoms. The third-order valence-electron chi connectivity index (χ3n) is 3.31. The van der Waals surface area contributed by atoms with Crippen molar-refractivity contribution in [3.8, 4) is 5.75 Å². The molecule has 0 aliphatic heterocycles. The average Bonchev–Trinajstić information content (AvgIpc) is 2.27. The molecule has 0 saturated carbocycles. The van der Waals surface area contributed by atoms with Gasteiger partial charge in [-0.15, -0.1) is 0 Å². The second-order valence-electron chi connectivity index (χ2n) is 4.33. The Hall–Kier alpha value is -0.980. The van der Waals surface area contributed by atoms with Crippen LogP contribution in [-0.2, 0) is 0 Å². The Kier molecular flexibility index (Phi) is 4.19. The van der Waals surface area contributed by atoms with Crippen LogP contribution < -0.4 is 0 Å². The molecule has 0 aromatic heterocycles. The van der Waals surface area contributed by atoms with E-state index in [1.54, 1.807) is 0 Å². The van der Waals surface area contributed by atoms with Gasteiger partial charge in [-0.2, -0.15) is 0 Å². The average molecular weight is 205 g/mol. The highest BCUT2D eigenvalue weighted by Crippen LogP contribution is 2.35. The Balaban J connectivity index is 3.11. The van der Waals surface area contributed by atoms with Gasteiger partial charge in [0.05, 0.1) is 0 Å². The molecule has 15 heavy (non-hydrogen) atoms. The van der Waals surface area contributed by atoms with E-state index in [9.17, 15) is 5.11 Å². The molecule has 2 atom stereocenters. The number of hydrogen-bond acceptors (Lipinski definition) is 1. The van der Waals surface area contributed by atoms with Crippen molar-refractivity contribution in [2.45, 2.75) is 52.4 Å². The van der Waals surface area contributed by atoms with Crippen molar-refractivity contribution in [2.24, 2.45) is 0 Å². The monoisotopic (exact) mass is 205 g/mol. The number of hydrogen-bond donors (Lipinski definition) is 1. The minimum atomic E-state index is 0.408. The molecule has 0 aliphatic carbocycles. The van der Waals surface area contributed by atoms with Gasteiger partial charge in [0.1, 0.15) is 5.75 Å². The molecule has 0 aliphatic rings. The Morgan fingerprint density at radius 3 is 1.80 bits per heavy atom. The largest absolute Gasteiger partial charge is 0.507 e. The molecule has 1 rings (SSSR count). The summed E-state index contributed by atoms with van der Waals surface area (Å²) >= 11 is 0. The molecule has 1 aromatic rings. The van der Waals surface area contributed by atoms with Crippen LogP contribution in [0.3, 0.4) is 0 Å². The summed E-state index contributed by atoms with van der Waals surface area (Å²) in [6.07, 6.45) is 2.09. The fraction of sp³-hybridized carbons (Fsp3) is 0.571. The van der Waals surface area contributed by atoms with E-state index < -0.39 is 0 Å². The lowest BCUT2D eigenvalue weighted by molar-refractivity contribution is 0.449. The first-order valence-electron chi connectivity index (χ1n) is 5.84. The summed E-state index contributed by atoms with van der Waals surface area (Å²) in [5.41, 5.74) is 2.07. The third-order valence-corrected chi connectivity index (χ3v) is 3.31. The second kappa shape index (κ2) is 5.20. The van der Waals surface area contributed by atoms with Gasteiger partial charge in [0.15, 0.2) is 0 Å². The summed E-state index contributed by atoms with van der Waals surface area (Å²) < 4.78 is 0. The van der Waals surface area contributed by atoms with E-state index in [1.165, 1.54) is 0 Å². The normalized spacial score (nSPS) is 14.9. The van der Waals surface area contributed by atoms with Crippen molar-refractivity contribution in [3.05, 3.63) is 29.3 Å². The molecule has 2 unspecified atom stereocenters. The van der Waals surface area contributed by atoms with Crippen LogP contribution in [0.25, 0.3) is 0 Å². The second-order valence-corrected chi connectivity index (χ2v) is 4.33. The molecule has 1 nitrogen and oxygen atoms in total. The van der Waals surface area contributed by atoms with Gasteiger partial charge in [-0.05, 0) is 54.0 Å². The van der Waals surface area contributed by atoms with Crippen molar-refractivity contribution in [1.82, 2.24) is 0 Å². The summed E-state index contributed by atoms with van der Waals surface area (Å²) in [7, 11) is 0. The van der Waals surface area contributed by atoms with Crippen LogP contribution in [0.5, 0.6) is 5.75 Å². The summed E-state index contributed by atoms with van der Waals surface area (Å²) in [5, 5.41) is 10.2. The Bertz CT molecular complexity index is 289. The van der Waals surface area contributed by atoms with Gasteiger partial charge in [-0.3, -0.25) is 0 Å². The molecular formula is C14H21O. The summed E-state index contributed by atoms with van der Waals surface area (Å²) in [4.78, 5) is 0. The van der Waals surface area contributed by atoms with E-state index >= 15 is 0 Å². The van der Waals surface area contributed by atoms with Crippen LogP contribution in [-0.4, -0.2) is 5.11 Å². The summed E-state index contributed by atoms with van der Waals surface area (Å²) in [5.74, 6) is 1.30. The molecular weight excluding hydrogens is 184 g/mol. The molecule has 83 valence electrons. The topological polar surface area (TPSA) is 20.2 Å². The van der Waals surface area contributed by atoms with Crippen molar-refractivity contribution < 1.29 is 5.11 Å². The van der Waals surface area contributed by atoms with Gasteiger partial charge in [-0.1, -0.05) is 27.7 Å². The van der Waals surface area contributed by atoms with E-state index in [0.29, 0.717) is 17.6 Å². The Labute approximate surface area is 93.1 Å². The smallest absolute Gasteiger partial charge is 0.122 e. The molecule has 1 aromatic carbocycles. The number of phenolic OH excluding ortho intramolecular Hbond substituents is 1. The van der Waals surface area contributed by atoms with Crippen LogP contribution >= 0.6 is 0 Å². The molecule has 1 heteroatoms. The lowest BCUT2D eigenvalue weighted by atomic mass is 9.90. The molecule has 0 saturated heterocycles. The zero-order valence-electron chi connectivity index (χ0n) is 10.2. The first kappa shape index (κ1) is 12.1. The van der Waals surface area contributed by atoms with Crippen LogP contribution in [0.2, 0.25) is 0 Å². The highest BCUT2D eigenvalue weighted by molar-refractivity contribution is 5.43. The number of benzene rings is 1. The van der Waals surface area contributed by atoms with Crippen LogP contribution in [0, 0.1) is 6.07 Å². The van der Waals surface area contributed by atoms with Gasteiger partial charge in [0.2, 0.25) is 0 Å². The fourth-order valence-electron chi connectivity index (χ4n) is 1.72. The number of aromatic hydroxyl groups is 1. The maximum absolute atomic E-state index is 10.2. The standard InChI is InChI=1S/C14H21O/c1-5-10(3)12-8-7-9-13(14(12)15)11(4)6-2/h8-11,15H,5-6H2,1-4H3. The first-order valence-corrected chi connectivity index (χ1v) is 5.84. The predicted molar refractivity (Wildman–Crippen MR) is 64.4 cm³/mol. The molecule has 1 radical (unpaired) electrons. The Morgan fingerprint density at radius 1 is 1.07 bits per heavy atom. The molecule has 0 amide bonds.